The van der Waals surface area contributed by atoms with Gasteiger partial charge >= 0.3 is 5.97 Å². The second-order valence-corrected chi connectivity index (χ2v) is 5.03. The summed E-state index contributed by atoms with van der Waals surface area (Å²) in [5.41, 5.74) is -0.381. The predicted octanol–water partition coefficient (Wildman–Crippen LogP) is 3.68. The maximum Gasteiger partial charge on any atom is 0.338 e. The zero-order valence-electron chi connectivity index (χ0n) is 10.4. The summed E-state index contributed by atoms with van der Waals surface area (Å²) in [5.74, 6) is -3.61. The molecule has 0 saturated heterocycles. The molecule has 2 aromatic carbocycles. The maximum absolute atomic E-state index is 13.5. The number of carbonyl (C=O) groups excluding carboxylic acids is 1. The third-order valence-corrected chi connectivity index (χ3v) is 3.04. The first-order valence-corrected chi connectivity index (χ1v) is 6.46. The SMILES string of the molecule is O=C(Nc1ccc(C(=O)O)c(F)c1)c1cc(F)cc(Br)c1. The normalized spacial score (nSPS) is 10.2. The van der Waals surface area contributed by atoms with Gasteiger partial charge in [-0.2, -0.15) is 0 Å². The van der Waals surface area contributed by atoms with Crippen molar-refractivity contribution in [1.82, 2.24) is 0 Å². The highest BCUT2D eigenvalue weighted by Crippen LogP contribution is 2.18. The van der Waals surface area contributed by atoms with E-state index in [1.165, 1.54) is 18.2 Å². The maximum atomic E-state index is 13.5. The van der Waals surface area contributed by atoms with E-state index in [4.69, 9.17) is 5.11 Å². The fourth-order valence-corrected chi connectivity index (χ4v) is 2.12. The van der Waals surface area contributed by atoms with Crippen molar-refractivity contribution >= 4 is 33.5 Å². The Morgan fingerprint density at radius 3 is 2.38 bits per heavy atom. The van der Waals surface area contributed by atoms with E-state index < -0.39 is 29.1 Å². The van der Waals surface area contributed by atoms with Crippen LogP contribution in [-0.2, 0) is 0 Å². The van der Waals surface area contributed by atoms with Crippen molar-refractivity contribution in [1.29, 1.82) is 0 Å². The first-order valence-electron chi connectivity index (χ1n) is 5.67. The standard InChI is InChI=1S/C14H8BrF2NO3/c15-8-3-7(4-9(16)5-8)13(19)18-10-1-2-11(14(20)21)12(17)6-10/h1-6H,(H,18,19)(H,20,21). The van der Waals surface area contributed by atoms with Gasteiger partial charge in [0.15, 0.2) is 0 Å². The van der Waals surface area contributed by atoms with Gasteiger partial charge in [0.1, 0.15) is 11.6 Å². The summed E-state index contributed by atoms with van der Waals surface area (Å²) in [6.07, 6.45) is 0. The van der Waals surface area contributed by atoms with E-state index in [0.29, 0.717) is 4.47 Å². The molecule has 21 heavy (non-hydrogen) atoms. The lowest BCUT2D eigenvalue weighted by atomic mass is 10.1. The summed E-state index contributed by atoms with van der Waals surface area (Å²) in [6.45, 7) is 0. The summed E-state index contributed by atoms with van der Waals surface area (Å²) in [6, 6.07) is 6.80. The number of hydrogen-bond acceptors (Lipinski definition) is 2. The molecule has 0 bridgehead atoms. The van der Waals surface area contributed by atoms with Gasteiger partial charge in [-0.3, -0.25) is 4.79 Å². The van der Waals surface area contributed by atoms with Crippen molar-refractivity contribution in [2.75, 3.05) is 5.32 Å². The second-order valence-electron chi connectivity index (χ2n) is 4.11. The van der Waals surface area contributed by atoms with E-state index in [-0.39, 0.29) is 11.3 Å². The lowest BCUT2D eigenvalue weighted by Crippen LogP contribution is -2.13. The minimum atomic E-state index is -1.40. The van der Waals surface area contributed by atoms with Gasteiger partial charge in [-0.1, -0.05) is 15.9 Å². The van der Waals surface area contributed by atoms with E-state index >= 15 is 0 Å². The molecule has 7 heteroatoms. The smallest absolute Gasteiger partial charge is 0.338 e. The molecule has 108 valence electrons. The molecule has 0 aliphatic carbocycles. The molecule has 0 unspecified atom stereocenters. The number of benzene rings is 2. The van der Waals surface area contributed by atoms with E-state index in [9.17, 15) is 18.4 Å². The number of nitrogens with one attached hydrogen (secondary N) is 1. The molecule has 0 radical (unpaired) electrons. The van der Waals surface area contributed by atoms with Gasteiger partial charge in [-0.25, -0.2) is 13.6 Å². The van der Waals surface area contributed by atoms with Crippen LogP contribution in [0.5, 0.6) is 0 Å². The Bertz CT molecular complexity index is 714. The largest absolute Gasteiger partial charge is 0.478 e. The van der Waals surface area contributed by atoms with Crippen LogP contribution in [0.3, 0.4) is 0 Å². The van der Waals surface area contributed by atoms with Crippen LogP contribution in [0.2, 0.25) is 0 Å². The summed E-state index contributed by atoms with van der Waals surface area (Å²) in [7, 11) is 0. The van der Waals surface area contributed by atoms with Crippen LogP contribution in [0.25, 0.3) is 0 Å². The van der Waals surface area contributed by atoms with Gasteiger partial charge in [-0.05, 0) is 36.4 Å². The number of rotatable bonds is 3. The second kappa shape index (κ2) is 6.01. The van der Waals surface area contributed by atoms with Gasteiger partial charge in [-0.15, -0.1) is 0 Å². The summed E-state index contributed by atoms with van der Waals surface area (Å²) >= 11 is 3.06. The Kier molecular flexibility index (Phi) is 4.32. The average molecular weight is 356 g/mol. The topological polar surface area (TPSA) is 66.4 Å². The third-order valence-electron chi connectivity index (χ3n) is 2.58. The summed E-state index contributed by atoms with van der Waals surface area (Å²) in [5, 5.41) is 11.1. The lowest BCUT2D eigenvalue weighted by molar-refractivity contribution is 0.0692. The molecule has 0 heterocycles. The third kappa shape index (κ3) is 3.63. The van der Waals surface area contributed by atoms with Gasteiger partial charge < -0.3 is 10.4 Å². The number of amides is 1. The Labute approximate surface area is 126 Å². The van der Waals surface area contributed by atoms with Gasteiger partial charge in [0.25, 0.3) is 5.91 Å². The quantitative estimate of drug-likeness (QED) is 0.882. The van der Waals surface area contributed by atoms with Gasteiger partial charge in [0.2, 0.25) is 0 Å². The van der Waals surface area contributed by atoms with Crippen molar-refractivity contribution in [3.63, 3.8) is 0 Å². The van der Waals surface area contributed by atoms with Crippen LogP contribution in [0.4, 0.5) is 14.5 Å². The summed E-state index contributed by atoms with van der Waals surface area (Å²) < 4.78 is 27.1. The summed E-state index contributed by atoms with van der Waals surface area (Å²) in [4.78, 5) is 22.6. The molecule has 2 N–H and O–H groups in total. The number of carbonyl (C=O) groups is 2. The van der Waals surface area contributed by atoms with E-state index in [1.54, 1.807) is 0 Å². The molecule has 0 aromatic heterocycles. The van der Waals surface area contributed by atoms with E-state index in [0.717, 1.165) is 18.2 Å². The van der Waals surface area contributed by atoms with Crippen LogP contribution in [-0.4, -0.2) is 17.0 Å². The molecular weight excluding hydrogens is 348 g/mol. The number of carboxylic acids is 1. The van der Waals surface area contributed by atoms with E-state index in [1.807, 2.05) is 0 Å². The molecule has 0 spiro atoms. The van der Waals surface area contributed by atoms with Crippen molar-refractivity contribution < 1.29 is 23.5 Å². The van der Waals surface area contributed by atoms with Crippen molar-refractivity contribution in [3.05, 3.63) is 63.6 Å². The molecule has 0 aliphatic rings. The predicted molar refractivity (Wildman–Crippen MR) is 75.4 cm³/mol. The molecular formula is C14H8BrF2NO3. The first kappa shape index (κ1) is 15.1. The van der Waals surface area contributed by atoms with Crippen molar-refractivity contribution in [3.8, 4) is 0 Å². The number of aromatic carboxylic acids is 1. The monoisotopic (exact) mass is 355 g/mol. The van der Waals surface area contributed by atoms with Gasteiger partial charge in [0, 0.05) is 15.7 Å². The molecule has 0 saturated carbocycles. The number of hydrogen-bond donors (Lipinski definition) is 2. The Morgan fingerprint density at radius 1 is 1.10 bits per heavy atom. The zero-order valence-corrected chi connectivity index (χ0v) is 11.9. The van der Waals surface area contributed by atoms with Crippen LogP contribution in [0.15, 0.2) is 40.9 Å². The fraction of sp³-hybridized carbons (Fsp3) is 0. The van der Waals surface area contributed by atoms with Crippen LogP contribution < -0.4 is 5.32 Å². The highest BCUT2D eigenvalue weighted by atomic mass is 79.9. The van der Waals surface area contributed by atoms with Crippen molar-refractivity contribution in [2.24, 2.45) is 0 Å². The molecule has 0 fully saturated rings. The molecule has 1 amide bonds. The molecule has 0 aliphatic heterocycles. The zero-order chi connectivity index (χ0) is 15.6. The average Bonchev–Trinajstić information content (AvgIpc) is 2.37. The lowest BCUT2D eigenvalue weighted by Gasteiger charge is -2.07. The molecule has 0 atom stereocenters. The fourth-order valence-electron chi connectivity index (χ4n) is 1.65. The van der Waals surface area contributed by atoms with Crippen LogP contribution >= 0.6 is 15.9 Å². The molecule has 2 aromatic rings. The van der Waals surface area contributed by atoms with Crippen molar-refractivity contribution in [2.45, 2.75) is 0 Å². The molecule has 2 rings (SSSR count). The highest BCUT2D eigenvalue weighted by Gasteiger charge is 2.13. The highest BCUT2D eigenvalue weighted by molar-refractivity contribution is 9.10. The molecule has 4 nitrogen and oxygen atoms in total. The number of anilines is 1. The minimum absolute atomic E-state index is 0.0459. The Hall–Kier alpha value is -2.28. The van der Waals surface area contributed by atoms with Gasteiger partial charge in [0.05, 0.1) is 5.56 Å². The Balaban J connectivity index is 2.23. The van der Waals surface area contributed by atoms with E-state index in [2.05, 4.69) is 21.2 Å². The Morgan fingerprint density at radius 2 is 1.81 bits per heavy atom. The minimum Gasteiger partial charge on any atom is -0.478 e. The van der Waals surface area contributed by atoms with Crippen LogP contribution in [0, 0.1) is 11.6 Å². The van der Waals surface area contributed by atoms with Crippen LogP contribution in [0.1, 0.15) is 20.7 Å². The first-order chi connectivity index (χ1) is 9.86. The number of carboxylic acid groups (broad SMARTS) is 1. The number of halogens is 3.